The van der Waals surface area contributed by atoms with Crippen LogP contribution < -0.4 is 0 Å². The number of rotatable bonds is 4. The lowest BCUT2D eigenvalue weighted by Crippen LogP contribution is -2.47. The van der Waals surface area contributed by atoms with Gasteiger partial charge in [0.05, 0.1) is 18.2 Å². The van der Waals surface area contributed by atoms with Crippen LogP contribution in [0.2, 0.25) is 0 Å². The van der Waals surface area contributed by atoms with Gasteiger partial charge in [0.2, 0.25) is 0 Å². The van der Waals surface area contributed by atoms with E-state index in [1.54, 1.807) is 12.1 Å². The summed E-state index contributed by atoms with van der Waals surface area (Å²) in [6.07, 6.45) is -0.684. The molecule has 2 amide bonds. The second-order valence-corrected chi connectivity index (χ2v) is 5.62. The van der Waals surface area contributed by atoms with E-state index in [2.05, 4.69) is 4.74 Å². The lowest BCUT2D eigenvalue weighted by atomic mass is 10.0. The molecular weight excluding hydrogens is 351 g/mol. The van der Waals surface area contributed by atoms with Crippen molar-refractivity contribution < 1.29 is 32.3 Å². The molecule has 0 spiro atoms. The number of carbonyl (C=O) groups excluding carboxylic acids is 3. The Balaban J connectivity index is 2.03. The van der Waals surface area contributed by atoms with E-state index < -0.39 is 53.3 Å². The average molecular weight is 363 g/mol. The van der Waals surface area contributed by atoms with Gasteiger partial charge in [-0.1, -0.05) is 12.1 Å². The third-order valence-electron chi connectivity index (χ3n) is 4.11. The molecule has 0 N–H and O–H groups in total. The Labute approximate surface area is 146 Å². The average Bonchev–Trinajstić information content (AvgIpc) is 2.86. The number of hydrogen-bond acceptors (Lipinski definition) is 4. The predicted octanol–water partition coefficient (Wildman–Crippen LogP) is 2.48. The monoisotopic (exact) mass is 363 g/mol. The highest BCUT2D eigenvalue weighted by Gasteiger charge is 2.43. The van der Waals surface area contributed by atoms with Crippen molar-refractivity contribution in [2.45, 2.75) is 12.5 Å². The lowest BCUT2D eigenvalue weighted by Gasteiger charge is -2.24. The molecule has 26 heavy (non-hydrogen) atoms. The smallest absolute Gasteiger partial charge is 0.329 e. The molecule has 0 fully saturated rings. The van der Waals surface area contributed by atoms with Crippen LogP contribution in [0.25, 0.3) is 0 Å². The summed E-state index contributed by atoms with van der Waals surface area (Å²) in [5.41, 5.74) is -0.476. The number of nitrogens with zero attached hydrogens (tertiary/aromatic N) is 1. The Morgan fingerprint density at radius 2 is 1.54 bits per heavy atom. The highest BCUT2D eigenvalue weighted by Crippen LogP contribution is 2.27. The largest absolute Gasteiger partial charge is 0.467 e. The number of ether oxygens (including phenoxy) is 1. The first-order chi connectivity index (χ1) is 12.3. The molecule has 1 heterocycles. The molecule has 134 valence electrons. The van der Waals surface area contributed by atoms with Crippen LogP contribution in [-0.4, -0.2) is 35.8 Å². The molecular formula is C18H12F3NO4. The van der Waals surface area contributed by atoms with Crippen molar-refractivity contribution in [1.82, 2.24) is 4.90 Å². The van der Waals surface area contributed by atoms with Crippen LogP contribution in [-0.2, 0) is 16.0 Å². The van der Waals surface area contributed by atoms with Gasteiger partial charge >= 0.3 is 5.97 Å². The molecule has 1 aliphatic rings. The number of halogens is 3. The number of fused-ring (bicyclic) bond motifs is 1. The second-order valence-electron chi connectivity index (χ2n) is 5.62. The van der Waals surface area contributed by atoms with Gasteiger partial charge in [-0.05, 0) is 12.1 Å². The Kier molecular flexibility index (Phi) is 4.50. The first-order valence-electron chi connectivity index (χ1n) is 7.53. The summed E-state index contributed by atoms with van der Waals surface area (Å²) in [4.78, 5) is 37.8. The molecule has 0 saturated heterocycles. The highest BCUT2D eigenvalue weighted by molar-refractivity contribution is 6.22. The van der Waals surface area contributed by atoms with Crippen LogP contribution in [0.4, 0.5) is 13.2 Å². The highest BCUT2D eigenvalue weighted by atomic mass is 19.1. The van der Waals surface area contributed by atoms with E-state index in [9.17, 15) is 27.6 Å². The third kappa shape index (κ3) is 2.83. The van der Waals surface area contributed by atoms with Crippen molar-refractivity contribution >= 4 is 17.8 Å². The van der Waals surface area contributed by atoms with Gasteiger partial charge in [-0.2, -0.15) is 0 Å². The predicted molar refractivity (Wildman–Crippen MR) is 82.8 cm³/mol. The van der Waals surface area contributed by atoms with E-state index in [0.717, 1.165) is 7.11 Å². The molecule has 8 heteroatoms. The minimum atomic E-state index is -1.60. The molecule has 0 bridgehead atoms. The summed E-state index contributed by atoms with van der Waals surface area (Å²) >= 11 is 0. The van der Waals surface area contributed by atoms with Crippen molar-refractivity contribution in [3.05, 3.63) is 70.5 Å². The molecule has 3 rings (SSSR count). The fourth-order valence-electron chi connectivity index (χ4n) is 2.87. The summed E-state index contributed by atoms with van der Waals surface area (Å²) in [6.45, 7) is 0. The van der Waals surface area contributed by atoms with Gasteiger partial charge in [0.1, 0.15) is 23.5 Å². The van der Waals surface area contributed by atoms with Crippen molar-refractivity contribution in [2.75, 3.05) is 7.11 Å². The fourth-order valence-corrected chi connectivity index (χ4v) is 2.87. The number of carbonyl (C=O) groups is 3. The number of benzene rings is 2. The topological polar surface area (TPSA) is 63.7 Å². The number of esters is 1. The van der Waals surface area contributed by atoms with Gasteiger partial charge in [0.25, 0.3) is 11.8 Å². The Morgan fingerprint density at radius 1 is 1.04 bits per heavy atom. The van der Waals surface area contributed by atoms with Crippen LogP contribution in [0.5, 0.6) is 0 Å². The normalized spacial score (nSPS) is 14.4. The molecule has 2 aromatic carbocycles. The molecule has 0 aliphatic carbocycles. The number of imide groups is 1. The summed E-state index contributed by atoms with van der Waals surface area (Å²) in [6, 6.07) is 5.21. The van der Waals surface area contributed by atoms with Crippen molar-refractivity contribution in [2.24, 2.45) is 0 Å². The molecule has 0 aromatic heterocycles. The first-order valence-corrected chi connectivity index (χ1v) is 7.53. The molecule has 5 nitrogen and oxygen atoms in total. The summed E-state index contributed by atoms with van der Waals surface area (Å²) in [5, 5.41) is 0. The van der Waals surface area contributed by atoms with Crippen molar-refractivity contribution in [3.8, 4) is 0 Å². The summed E-state index contributed by atoms with van der Waals surface area (Å²) in [7, 11) is 1.02. The van der Waals surface area contributed by atoms with Gasteiger partial charge in [0.15, 0.2) is 0 Å². The molecule has 1 atom stereocenters. The Hall–Kier alpha value is -3.16. The number of methoxy groups -OCH3 is 1. The molecule has 1 aliphatic heterocycles. The van der Waals surface area contributed by atoms with Gasteiger partial charge in [-0.15, -0.1) is 0 Å². The van der Waals surface area contributed by atoms with E-state index in [1.807, 2.05) is 0 Å². The first kappa shape index (κ1) is 17.7. The minimum Gasteiger partial charge on any atom is -0.467 e. The zero-order valence-electron chi connectivity index (χ0n) is 13.5. The minimum absolute atomic E-state index is 0.0754. The van der Waals surface area contributed by atoms with E-state index in [4.69, 9.17) is 0 Å². The zero-order valence-corrected chi connectivity index (χ0v) is 13.5. The van der Waals surface area contributed by atoms with Gasteiger partial charge < -0.3 is 4.74 Å². The van der Waals surface area contributed by atoms with Crippen LogP contribution in [0, 0.1) is 17.5 Å². The maximum atomic E-state index is 14.0. The maximum absolute atomic E-state index is 14.0. The van der Waals surface area contributed by atoms with E-state index in [-0.39, 0.29) is 11.1 Å². The number of hydrogen-bond donors (Lipinski definition) is 0. The lowest BCUT2D eigenvalue weighted by molar-refractivity contribution is -0.145. The molecule has 1 unspecified atom stereocenters. The Morgan fingerprint density at radius 3 is 2.00 bits per heavy atom. The maximum Gasteiger partial charge on any atom is 0.329 e. The van der Waals surface area contributed by atoms with Crippen LogP contribution >= 0.6 is 0 Å². The Bertz CT molecular complexity index is 870. The molecule has 0 saturated carbocycles. The SMILES string of the molecule is COC(=O)C(Cc1c(F)cc(F)cc1F)N1C(=O)c2ccccc2C1=O. The fraction of sp³-hybridized carbons (Fsp3) is 0.167. The van der Waals surface area contributed by atoms with Crippen molar-refractivity contribution in [3.63, 3.8) is 0 Å². The van der Waals surface area contributed by atoms with Crippen LogP contribution in [0.1, 0.15) is 26.3 Å². The summed E-state index contributed by atoms with van der Waals surface area (Å²) < 4.78 is 45.6. The number of amides is 2. The van der Waals surface area contributed by atoms with Crippen LogP contribution in [0.15, 0.2) is 36.4 Å². The van der Waals surface area contributed by atoms with Crippen molar-refractivity contribution in [1.29, 1.82) is 0 Å². The van der Waals surface area contributed by atoms with Gasteiger partial charge in [-0.25, -0.2) is 18.0 Å². The third-order valence-corrected chi connectivity index (χ3v) is 4.11. The molecule has 0 radical (unpaired) electrons. The van der Waals surface area contributed by atoms with Gasteiger partial charge in [0, 0.05) is 24.1 Å². The summed E-state index contributed by atoms with van der Waals surface area (Å²) in [5.74, 6) is -6.16. The van der Waals surface area contributed by atoms with Crippen LogP contribution in [0.3, 0.4) is 0 Å². The van der Waals surface area contributed by atoms with Gasteiger partial charge in [-0.3, -0.25) is 14.5 Å². The standard InChI is InChI=1S/C18H12F3NO4/c1-26-18(25)15(8-12-13(20)6-9(19)7-14(12)21)22-16(23)10-4-2-3-5-11(10)17(22)24/h2-7,15H,8H2,1H3. The van der Waals surface area contributed by atoms with E-state index in [1.165, 1.54) is 12.1 Å². The van der Waals surface area contributed by atoms with E-state index >= 15 is 0 Å². The zero-order chi connectivity index (χ0) is 19.0. The van der Waals surface area contributed by atoms with E-state index in [0.29, 0.717) is 17.0 Å². The molecule has 2 aromatic rings. The second kappa shape index (κ2) is 6.62. The quantitative estimate of drug-likeness (QED) is 0.619.